The van der Waals surface area contributed by atoms with Gasteiger partial charge >= 0.3 is 6.03 Å². The van der Waals surface area contributed by atoms with Gasteiger partial charge in [-0.15, -0.1) is 0 Å². The first-order valence-corrected chi connectivity index (χ1v) is 8.52. The average Bonchev–Trinajstić information content (AvgIpc) is 2.99. The van der Waals surface area contributed by atoms with E-state index in [0.717, 1.165) is 16.9 Å². The molecule has 0 spiro atoms. The van der Waals surface area contributed by atoms with Gasteiger partial charge in [-0.3, -0.25) is 5.32 Å². The Balaban J connectivity index is 1.81. The van der Waals surface area contributed by atoms with Crippen LogP contribution in [-0.4, -0.2) is 20.9 Å². The van der Waals surface area contributed by atoms with Crippen molar-refractivity contribution in [1.29, 1.82) is 0 Å². The van der Waals surface area contributed by atoms with E-state index in [4.69, 9.17) is 28.3 Å². The summed E-state index contributed by atoms with van der Waals surface area (Å²) in [5.74, 6) is 0.495. The highest BCUT2D eigenvalue weighted by Crippen LogP contribution is 2.29. The Bertz CT molecular complexity index is 939. The molecule has 0 aliphatic carbocycles. The topological polar surface area (TPSA) is 79.2 Å². The van der Waals surface area contributed by atoms with Crippen molar-refractivity contribution in [3.8, 4) is 5.69 Å². The van der Waals surface area contributed by atoms with Crippen molar-refractivity contribution in [3.63, 3.8) is 0 Å². The van der Waals surface area contributed by atoms with Gasteiger partial charge in [0.25, 0.3) is 0 Å². The van der Waals surface area contributed by atoms with Crippen molar-refractivity contribution < 1.29 is 9.90 Å². The third kappa shape index (κ3) is 3.99. The Morgan fingerprint density at radius 3 is 2.58 bits per heavy atom. The largest absolute Gasteiger partial charge is 0.392 e. The van der Waals surface area contributed by atoms with Crippen LogP contribution in [0.25, 0.3) is 5.69 Å². The van der Waals surface area contributed by atoms with Crippen molar-refractivity contribution >= 4 is 40.7 Å². The number of aromatic nitrogens is 2. The molecule has 0 aliphatic rings. The maximum absolute atomic E-state index is 12.3. The zero-order valence-electron chi connectivity index (χ0n) is 13.8. The van der Waals surface area contributed by atoms with E-state index < -0.39 is 6.03 Å². The van der Waals surface area contributed by atoms with E-state index >= 15 is 0 Å². The fraction of sp³-hybridized carbons (Fsp3) is 0.111. The van der Waals surface area contributed by atoms with E-state index in [1.807, 2.05) is 19.1 Å². The highest BCUT2D eigenvalue weighted by Gasteiger charge is 2.13. The lowest BCUT2D eigenvalue weighted by Gasteiger charge is -2.11. The van der Waals surface area contributed by atoms with Crippen molar-refractivity contribution in [2.75, 3.05) is 10.6 Å². The van der Waals surface area contributed by atoms with Gasteiger partial charge in [0.2, 0.25) is 0 Å². The zero-order valence-corrected chi connectivity index (χ0v) is 15.3. The van der Waals surface area contributed by atoms with Crippen LogP contribution in [0.5, 0.6) is 0 Å². The Morgan fingerprint density at radius 1 is 1.15 bits per heavy atom. The van der Waals surface area contributed by atoms with Crippen LogP contribution in [0.15, 0.2) is 48.5 Å². The molecule has 0 unspecified atom stereocenters. The number of aliphatic hydroxyl groups is 1. The molecule has 26 heavy (non-hydrogen) atoms. The summed E-state index contributed by atoms with van der Waals surface area (Å²) < 4.78 is 1.61. The molecule has 1 aromatic heterocycles. The van der Waals surface area contributed by atoms with Crippen LogP contribution in [-0.2, 0) is 6.61 Å². The number of amides is 2. The minimum Gasteiger partial charge on any atom is -0.392 e. The second-order valence-electron chi connectivity index (χ2n) is 5.59. The van der Waals surface area contributed by atoms with Crippen LogP contribution in [0.2, 0.25) is 10.0 Å². The quantitative estimate of drug-likeness (QED) is 0.607. The van der Waals surface area contributed by atoms with Gasteiger partial charge in [-0.25, -0.2) is 9.48 Å². The first-order chi connectivity index (χ1) is 12.5. The van der Waals surface area contributed by atoms with Gasteiger partial charge in [-0.2, -0.15) is 5.10 Å². The molecular formula is C18H16Cl2N4O2. The Kier molecular flexibility index (Phi) is 5.46. The van der Waals surface area contributed by atoms with E-state index in [-0.39, 0.29) is 11.6 Å². The number of halogens is 2. The normalized spacial score (nSPS) is 10.6. The van der Waals surface area contributed by atoms with E-state index in [1.165, 1.54) is 0 Å². The lowest BCUT2D eigenvalue weighted by molar-refractivity contribution is 0.262. The molecular weight excluding hydrogens is 375 g/mol. The molecule has 2 aromatic carbocycles. The van der Waals surface area contributed by atoms with Crippen LogP contribution in [0.3, 0.4) is 0 Å². The summed E-state index contributed by atoms with van der Waals surface area (Å²) in [6.45, 7) is 1.79. The highest BCUT2D eigenvalue weighted by atomic mass is 35.5. The highest BCUT2D eigenvalue weighted by molar-refractivity contribution is 6.44. The molecule has 0 atom stereocenters. The van der Waals surface area contributed by atoms with Crippen LogP contribution in [0.1, 0.15) is 11.3 Å². The number of benzene rings is 2. The number of carbonyl (C=O) groups excluding carboxylic acids is 1. The molecule has 3 aromatic rings. The molecule has 2 amide bonds. The van der Waals surface area contributed by atoms with Crippen LogP contribution in [0.4, 0.5) is 16.3 Å². The number of urea groups is 1. The van der Waals surface area contributed by atoms with Gasteiger partial charge in [0, 0.05) is 6.07 Å². The molecule has 3 rings (SSSR count). The Morgan fingerprint density at radius 2 is 1.88 bits per heavy atom. The number of anilines is 2. The smallest absolute Gasteiger partial charge is 0.324 e. The zero-order chi connectivity index (χ0) is 18.7. The summed E-state index contributed by atoms with van der Waals surface area (Å²) in [6.07, 6.45) is 0. The van der Waals surface area contributed by atoms with Crippen molar-refractivity contribution in [2.45, 2.75) is 13.5 Å². The molecule has 0 fully saturated rings. The second-order valence-corrected chi connectivity index (χ2v) is 6.37. The molecule has 0 aliphatic heterocycles. The number of aryl methyl sites for hydroxylation is 1. The Labute approximate surface area is 160 Å². The monoisotopic (exact) mass is 390 g/mol. The first-order valence-electron chi connectivity index (χ1n) is 7.77. The summed E-state index contributed by atoms with van der Waals surface area (Å²) >= 11 is 12.0. The molecule has 0 bridgehead atoms. The molecule has 3 N–H and O–H groups in total. The molecule has 0 saturated heterocycles. The van der Waals surface area contributed by atoms with E-state index in [1.54, 1.807) is 41.1 Å². The number of carbonyl (C=O) groups is 1. The van der Waals surface area contributed by atoms with Gasteiger partial charge in [-0.1, -0.05) is 41.4 Å². The third-order valence-corrected chi connectivity index (χ3v) is 4.46. The van der Waals surface area contributed by atoms with Gasteiger partial charge < -0.3 is 10.4 Å². The maximum Gasteiger partial charge on any atom is 0.324 e. The number of rotatable bonds is 4. The summed E-state index contributed by atoms with van der Waals surface area (Å²) in [5.41, 5.74) is 2.70. The number of nitrogens with one attached hydrogen (secondary N) is 2. The third-order valence-electron chi connectivity index (χ3n) is 3.64. The predicted octanol–water partition coefficient (Wildman–Crippen LogP) is 4.62. The van der Waals surface area contributed by atoms with E-state index in [9.17, 15) is 4.79 Å². The van der Waals surface area contributed by atoms with Gasteiger partial charge in [-0.05, 0) is 36.8 Å². The average molecular weight is 391 g/mol. The Hall–Kier alpha value is -2.54. The van der Waals surface area contributed by atoms with E-state index in [2.05, 4.69) is 15.7 Å². The molecule has 1 heterocycles. The summed E-state index contributed by atoms with van der Waals surface area (Å²) in [4.78, 5) is 12.3. The number of aliphatic hydroxyl groups excluding tert-OH is 1. The fourth-order valence-electron chi connectivity index (χ4n) is 2.40. The minimum atomic E-state index is -0.470. The number of hydrogen-bond donors (Lipinski definition) is 3. The number of hydrogen-bond acceptors (Lipinski definition) is 3. The molecule has 0 radical (unpaired) electrons. The maximum atomic E-state index is 12.3. The lowest BCUT2D eigenvalue weighted by atomic mass is 10.2. The van der Waals surface area contributed by atoms with Crippen molar-refractivity contribution in [1.82, 2.24) is 9.78 Å². The van der Waals surface area contributed by atoms with Crippen LogP contribution in [0, 0.1) is 6.92 Å². The standard InChI is InChI=1S/C18H16Cl2N4O2/c1-11-9-16(24(23-11)13-7-5-12(10-25)6-8-13)22-18(26)21-15-4-2-3-14(19)17(15)20/h2-9,25H,10H2,1H3,(H2,21,22,26). The van der Waals surface area contributed by atoms with E-state index in [0.29, 0.717) is 16.5 Å². The van der Waals surface area contributed by atoms with Crippen LogP contribution < -0.4 is 10.6 Å². The van der Waals surface area contributed by atoms with Crippen molar-refractivity contribution in [2.24, 2.45) is 0 Å². The molecule has 8 heteroatoms. The minimum absolute atomic E-state index is 0.0354. The predicted molar refractivity (Wildman–Crippen MR) is 103 cm³/mol. The summed E-state index contributed by atoms with van der Waals surface area (Å²) in [7, 11) is 0. The molecule has 6 nitrogen and oxygen atoms in total. The van der Waals surface area contributed by atoms with Gasteiger partial charge in [0.05, 0.1) is 33.7 Å². The summed E-state index contributed by atoms with van der Waals surface area (Å²) in [6, 6.07) is 13.5. The second kappa shape index (κ2) is 7.78. The van der Waals surface area contributed by atoms with Gasteiger partial charge in [0.1, 0.15) is 5.82 Å². The molecule has 0 saturated carbocycles. The first kappa shape index (κ1) is 18.3. The summed E-state index contributed by atoms with van der Waals surface area (Å²) in [5, 5.41) is 19.6. The fourth-order valence-corrected chi connectivity index (χ4v) is 2.75. The number of nitrogens with zero attached hydrogens (tertiary/aromatic N) is 2. The SMILES string of the molecule is Cc1cc(NC(=O)Nc2cccc(Cl)c2Cl)n(-c2ccc(CO)cc2)n1. The lowest BCUT2D eigenvalue weighted by Crippen LogP contribution is -2.21. The van der Waals surface area contributed by atoms with Gasteiger partial charge in [0.15, 0.2) is 0 Å². The van der Waals surface area contributed by atoms with Crippen LogP contribution >= 0.6 is 23.2 Å². The molecule has 134 valence electrons. The van der Waals surface area contributed by atoms with Crippen molar-refractivity contribution in [3.05, 3.63) is 69.8 Å².